The normalized spacial score (nSPS) is 11.3. The van der Waals surface area contributed by atoms with E-state index in [1.807, 2.05) is 0 Å². The van der Waals surface area contributed by atoms with E-state index in [0.29, 0.717) is 0 Å². The second-order valence-electron chi connectivity index (χ2n) is 4.79. The fourth-order valence-electron chi connectivity index (χ4n) is 2.17. The molecule has 0 fully saturated rings. The van der Waals surface area contributed by atoms with Crippen molar-refractivity contribution in [3.8, 4) is 5.82 Å². The van der Waals surface area contributed by atoms with E-state index in [0.717, 1.165) is 18.5 Å². The van der Waals surface area contributed by atoms with E-state index < -0.39 is 22.4 Å². The molecule has 128 valence electrons. The van der Waals surface area contributed by atoms with Crippen LogP contribution in [0.5, 0.6) is 0 Å². The van der Waals surface area contributed by atoms with Crippen molar-refractivity contribution < 1.29 is 18.1 Å². The Morgan fingerprint density at radius 1 is 1.20 bits per heavy atom. The number of para-hydroxylation sites is 1. The molecule has 1 N–H and O–H groups in total. The van der Waals surface area contributed by atoms with Crippen LogP contribution in [0, 0.1) is 10.1 Å². The zero-order valence-electron chi connectivity index (χ0n) is 12.3. The van der Waals surface area contributed by atoms with Crippen LogP contribution in [0.15, 0.2) is 49.3 Å². The zero-order chi connectivity index (χ0) is 18.0. The molecule has 0 saturated carbocycles. The Morgan fingerprint density at radius 2 is 1.96 bits per heavy atom. The molecule has 0 saturated heterocycles. The van der Waals surface area contributed by atoms with Crippen molar-refractivity contribution in [3.05, 3.63) is 65.0 Å². The highest BCUT2D eigenvalue weighted by atomic mass is 19.4. The van der Waals surface area contributed by atoms with Crippen molar-refractivity contribution in [2.75, 3.05) is 5.32 Å². The number of nitrogens with one attached hydrogen (secondary N) is 1. The molecule has 25 heavy (non-hydrogen) atoms. The molecule has 11 heteroatoms. The minimum atomic E-state index is -4.63. The molecule has 3 aromatic rings. The van der Waals surface area contributed by atoms with Gasteiger partial charge in [-0.05, 0) is 12.1 Å². The van der Waals surface area contributed by atoms with Gasteiger partial charge in [-0.2, -0.15) is 13.2 Å². The van der Waals surface area contributed by atoms with Crippen LogP contribution in [0.4, 0.5) is 30.4 Å². The summed E-state index contributed by atoms with van der Waals surface area (Å²) in [6.07, 6.45) is 0.475. The van der Waals surface area contributed by atoms with Crippen molar-refractivity contribution in [3.63, 3.8) is 0 Å². The lowest BCUT2D eigenvalue weighted by Gasteiger charge is -2.14. The van der Waals surface area contributed by atoms with E-state index in [-0.39, 0.29) is 17.3 Å². The highest BCUT2D eigenvalue weighted by Gasteiger charge is 2.34. The van der Waals surface area contributed by atoms with Gasteiger partial charge in [-0.25, -0.2) is 15.0 Å². The molecule has 0 bridgehead atoms. The van der Waals surface area contributed by atoms with Gasteiger partial charge in [-0.1, -0.05) is 12.1 Å². The molecule has 1 aromatic carbocycles. The van der Waals surface area contributed by atoms with Crippen LogP contribution in [0.25, 0.3) is 5.82 Å². The maximum atomic E-state index is 13.1. The molecule has 0 unspecified atom stereocenters. The van der Waals surface area contributed by atoms with Crippen LogP contribution in [0.1, 0.15) is 5.56 Å². The number of nitro groups is 1. The molecule has 0 spiro atoms. The van der Waals surface area contributed by atoms with E-state index >= 15 is 0 Å². The summed E-state index contributed by atoms with van der Waals surface area (Å²) in [4.78, 5) is 22.0. The van der Waals surface area contributed by atoms with Gasteiger partial charge >= 0.3 is 11.9 Å². The lowest BCUT2D eigenvalue weighted by Crippen LogP contribution is -2.11. The minimum Gasteiger partial charge on any atom is -0.334 e. The number of anilines is 2. The minimum absolute atomic E-state index is 0.121. The number of halogens is 3. The number of nitrogens with zero attached hydrogens (tertiary/aromatic N) is 5. The molecular weight excluding hydrogens is 341 g/mol. The Hall–Kier alpha value is -3.50. The molecule has 0 aliphatic carbocycles. The van der Waals surface area contributed by atoms with Crippen molar-refractivity contribution in [2.24, 2.45) is 0 Å². The number of aromatic nitrogens is 4. The second-order valence-corrected chi connectivity index (χ2v) is 4.79. The van der Waals surface area contributed by atoms with Crippen LogP contribution < -0.4 is 5.32 Å². The predicted molar refractivity (Wildman–Crippen MR) is 80.5 cm³/mol. The summed E-state index contributed by atoms with van der Waals surface area (Å²) in [6, 6.07) is 4.62. The lowest BCUT2D eigenvalue weighted by molar-refractivity contribution is -0.384. The molecule has 0 aliphatic rings. The first-order valence-electron chi connectivity index (χ1n) is 6.79. The topological polar surface area (TPSA) is 98.8 Å². The summed E-state index contributed by atoms with van der Waals surface area (Å²) in [5.41, 5.74) is -1.89. The number of rotatable bonds is 4. The summed E-state index contributed by atoms with van der Waals surface area (Å²) < 4.78 is 40.5. The first-order valence-corrected chi connectivity index (χ1v) is 6.79. The molecule has 0 amide bonds. The molecule has 2 heterocycles. The van der Waals surface area contributed by atoms with Crippen LogP contribution >= 0.6 is 0 Å². The Balaban J connectivity index is 2.11. The standard InChI is InChI=1S/C14H9F3N6O2/c15-14(16,17)9-3-1-2-4-10(9)21-12-11(23(24)25)13(20-7-19-12)22-6-5-18-8-22/h1-8H,(H,19,20,21). The molecule has 3 rings (SSSR count). The Kier molecular flexibility index (Phi) is 4.05. The summed E-state index contributed by atoms with van der Waals surface area (Å²) in [5, 5.41) is 13.8. The van der Waals surface area contributed by atoms with E-state index in [2.05, 4.69) is 20.3 Å². The second kappa shape index (κ2) is 6.19. The van der Waals surface area contributed by atoms with Gasteiger partial charge in [0.25, 0.3) is 0 Å². The van der Waals surface area contributed by atoms with Gasteiger partial charge in [0.1, 0.15) is 12.7 Å². The van der Waals surface area contributed by atoms with Gasteiger partial charge in [0, 0.05) is 12.4 Å². The average molecular weight is 350 g/mol. The first-order chi connectivity index (χ1) is 11.9. The first kappa shape index (κ1) is 16.4. The van der Waals surface area contributed by atoms with Crippen molar-refractivity contribution in [2.45, 2.75) is 6.18 Å². The van der Waals surface area contributed by atoms with Crippen LogP contribution in [0.2, 0.25) is 0 Å². The predicted octanol–water partition coefficient (Wildman–Crippen LogP) is 3.33. The molecule has 8 nitrogen and oxygen atoms in total. The van der Waals surface area contributed by atoms with Crippen molar-refractivity contribution >= 4 is 17.2 Å². The van der Waals surface area contributed by atoms with Gasteiger partial charge in [-0.15, -0.1) is 0 Å². The highest BCUT2D eigenvalue weighted by Crippen LogP contribution is 2.37. The lowest BCUT2D eigenvalue weighted by atomic mass is 10.1. The molecule has 0 aliphatic heterocycles. The SMILES string of the molecule is O=[N+]([O-])c1c(Nc2ccccc2C(F)(F)F)ncnc1-n1ccnc1. The number of hydrogen-bond donors (Lipinski definition) is 1. The van der Waals surface area contributed by atoms with Crippen molar-refractivity contribution in [1.29, 1.82) is 0 Å². The van der Waals surface area contributed by atoms with Gasteiger partial charge in [0.05, 0.1) is 16.2 Å². The third kappa shape index (κ3) is 3.24. The van der Waals surface area contributed by atoms with Gasteiger partial charge in [0.15, 0.2) is 0 Å². The summed E-state index contributed by atoms with van der Waals surface area (Å²) in [7, 11) is 0. The Bertz CT molecular complexity index is 911. The number of imidazole rings is 1. The van der Waals surface area contributed by atoms with Crippen LogP contribution in [-0.4, -0.2) is 24.4 Å². The van der Waals surface area contributed by atoms with E-state index in [1.54, 1.807) is 0 Å². The zero-order valence-corrected chi connectivity index (χ0v) is 12.3. The van der Waals surface area contributed by atoms with Crippen molar-refractivity contribution in [1.82, 2.24) is 19.5 Å². The summed E-state index contributed by atoms with van der Waals surface area (Å²) in [5.74, 6) is -0.482. The van der Waals surface area contributed by atoms with Crippen LogP contribution in [0.3, 0.4) is 0 Å². The number of alkyl halides is 3. The largest absolute Gasteiger partial charge is 0.418 e. The monoisotopic (exact) mass is 350 g/mol. The Morgan fingerprint density at radius 3 is 2.60 bits per heavy atom. The van der Waals surface area contributed by atoms with Gasteiger partial charge in [0.2, 0.25) is 11.6 Å². The third-order valence-electron chi connectivity index (χ3n) is 3.22. The molecular formula is C14H9F3N6O2. The fraction of sp³-hybridized carbons (Fsp3) is 0.0714. The maximum absolute atomic E-state index is 13.1. The van der Waals surface area contributed by atoms with Gasteiger partial charge < -0.3 is 5.32 Å². The van der Waals surface area contributed by atoms with E-state index in [4.69, 9.17) is 0 Å². The fourth-order valence-corrected chi connectivity index (χ4v) is 2.17. The van der Waals surface area contributed by atoms with Gasteiger partial charge in [-0.3, -0.25) is 14.7 Å². The number of benzene rings is 1. The van der Waals surface area contributed by atoms with E-state index in [9.17, 15) is 23.3 Å². The van der Waals surface area contributed by atoms with Crippen LogP contribution in [-0.2, 0) is 6.18 Å². The molecule has 2 aromatic heterocycles. The van der Waals surface area contributed by atoms with E-state index in [1.165, 1.54) is 35.4 Å². The Labute approximate surface area is 138 Å². The smallest absolute Gasteiger partial charge is 0.334 e. The summed E-state index contributed by atoms with van der Waals surface area (Å²) >= 11 is 0. The quantitative estimate of drug-likeness (QED) is 0.572. The number of hydrogen-bond acceptors (Lipinski definition) is 6. The summed E-state index contributed by atoms with van der Waals surface area (Å²) in [6.45, 7) is 0. The average Bonchev–Trinajstić information content (AvgIpc) is 3.08. The molecule has 0 atom stereocenters. The highest BCUT2D eigenvalue weighted by molar-refractivity contribution is 5.72. The maximum Gasteiger partial charge on any atom is 0.418 e. The third-order valence-corrected chi connectivity index (χ3v) is 3.22. The molecule has 0 radical (unpaired) electrons.